The highest BCUT2D eigenvalue weighted by Gasteiger charge is 2.31. The molecule has 0 aliphatic carbocycles. The van der Waals surface area contributed by atoms with Crippen LogP contribution in [0.1, 0.15) is 37.8 Å². The minimum Gasteiger partial charge on any atom is -0.480 e. The number of aromatic nitrogens is 2. The molecule has 1 aliphatic heterocycles. The van der Waals surface area contributed by atoms with Gasteiger partial charge < -0.3 is 42.8 Å². The van der Waals surface area contributed by atoms with Gasteiger partial charge in [-0.1, -0.05) is 0 Å². The lowest BCUT2D eigenvalue weighted by Gasteiger charge is -2.25. The molecule has 1 aliphatic rings. The maximum Gasteiger partial charge on any atom is 0.326 e. The second kappa shape index (κ2) is 15.7. The third kappa shape index (κ3) is 10.7. The summed E-state index contributed by atoms with van der Waals surface area (Å²) in [6.07, 6.45) is 7.23. The topological polar surface area (TPSA) is 230 Å². The quantitative estimate of drug-likeness (QED) is 0.0657. The van der Waals surface area contributed by atoms with E-state index in [-0.39, 0.29) is 37.3 Å². The minimum atomic E-state index is -1.22. The van der Waals surface area contributed by atoms with Gasteiger partial charge in [0.2, 0.25) is 17.7 Å². The van der Waals surface area contributed by atoms with E-state index in [2.05, 4.69) is 36.2 Å². The van der Waals surface area contributed by atoms with Crippen LogP contribution >= 0.6 is 11.8 Å². The van der Waals surface area contributed by atoms with Crippen molar-refractivity contribution in [1.29, 1.82) is 0 Å². The van der Waals surface area contributed by atoms with E-state index in [4.69, 9.17) is 11.5 Å². The first kappa shape index (κ1) is 29.9. The number of aliphatic carboxylic acids is 1. The molecule has 4 atom stereocenters. The zero-order chi connectivity index (χ0) is 27.2. The number of carboxylic acids is 1. The highest BCUT2D eigenvalue weighted by atomic mass is 32.2. The summed E-state index contributed by atoms with van der Waals surface area (Å²) in [5, 5.41) is 20.7. The van der Waals surface area contributed by atoms with Gasteiger partial charge in [0.25, 0.3) is 0 Å². The van der Waals surface area contributed by atoms with Crippen LogP contribution in [0.25, 0.3) is 0 Å². The van der Waals surface area contributed by atoms with E-state index in [1.165, 1.54) is 24.3 Å². The van der Waals surface area contributed by atoms with Gasteiger partial charge in [0.1, 0.15) is 18.1 Å². The Kier molecular flexibility index (Phi) is 12.7. The molecule has 0 spiro atoms. The molecular weight excluding hydrogens is 502 g/mol. The van der Waals surface area contributed by atoms with Crippen molar-refractivity contribution in [3.8, 4) is 0 Å². The number of carboxylic acid groups (broad SMARTS) is 1. The van der Waals surface area contributed by atoms with Crippen LogP contribution in [0.2, 0.25) is 0 Å². The summed E-state index contributed by atoms with van der Waals surface area (Å²) in [6.45, 7) is 0.950. The summed E-state index contributed by atoms with van der Waals surface area (Å²) < 4.78 is 0. The van der Waals surface area contributed by atoms with Gasteiger partial charge in [0, 0.05) is 24.9 Å². The lowest BCUT2D eigenvalue weighted by atomic mass is 10.1. The van der Waals surface area contributed by atoms with Crippen LogP contribution < -0.4 is 32.7 Å². The molecule has 1 aromatic heterocycles. The van der Waals surface area contributed by atoms with E-state index >= 15 is 0 Å². The summed E-state index contributed by atoms with van der Waals surface area (Å²) in [5.41, 5.74) is 11.1. The Bertz CT molecular complexity index is 918. The van der Waals surface area contributed by atoms with Gasteiger partial charge in [0.15, 0.2) is 5.96 Å². The van der Waals surface area contributed by atoms with Crippen molar-refractivity contribution >= 4 is 41.4 Å². The smallest absolute Gasteiger partial charge is 0.326 e. The summed E-state index contributed by atoms with van der Waals surface area (Å²) in [6, 6.07) is -3.52. The highest BCUT2D eigenvalue weighted by Crippen LogP contribution is 2.09. The number of aromatic amines is 1. The Morgan fingerprint density at radius 2 is 1.89 bits per heavy atom. The highest BCUT2D eigenvalue weighted by molar-refractivity contribution is 7.98. The van der Waals surface area contributed by atoms with Crippen LogP contribution in [-0.4, -0.2) is 94.0 Å². The molecule has 1 saturated heterocycles. The van der Waals surface area contributed by atoms with E-state index in [1.807, 2.05) is 6.26 Å². The normalized spacial score (nSPS) is 17.3. The van der Waals surface area contributed by atoms with Gasteiger partial charge in [-0.15, -0.1) is 0 Å². The lowest BCUT2D eigenvalue weighted by molar-refractivity contribution is -0.142. The lowest BCUT2D eigenvalue weighted by Crippen LogP contribution is -2.57. The van der Waals surface area contributed by atoms with E-state index < -0.39 is 35.9 Å². The Morgan fingerprint density at radius 1 is 1.16 bits per heavy atom. The van der Waals surface area contributed by atoms with Crippen LogP contribution in [0.3, 0.4) is 0 Å². The number of thioether (sulfide) groups is 1. The molecule has 2 rings (SSSR count). The molecule has 4 unspecified atom stereocenters. The van der Waals surface area contributed by atoms with Crippen LogP contribution in [-0.2, 0) is 25.6 Å². The second-order valence-corrected chi connectivity index (χ2v) is 9.67. The molecule has 206 valence electrons. The van der Waals surface area contributed by atoms with Crippen molar-refractivity contribution < 1.29 is 24.3 Å². The number of H-pyrrole nitrogens is 1. The molecule has 0 saturated carbocycles. The maximum absolute atomic E-state index is 13.2. The molecule has 0 bridgehead atoms. The zero-order valence-corrected chi connectivity index (χ0v) is 21.7. The number of nitrogens with two attached hydrogens (primary N) is 2. The fourth-order valence-electron chi connectivity index (χ4n) is 3.82. The minimum absolute atomic E-state index is 0.0469. The van der Waals surface area contributed by atoms with E-state index in [9.17, 15) is 24.3 Å². The van der Waals surface area contributed by atoms with Crippen molar-refractivity contribution in [2.24, 2.45) is 16.5 Å². The number of carbonyl (C=O) groups excluding carboxylic acids is 3. The number of aliphatic imine (C=N–C) groups is 1. The van der Waals surface area contributed by atoms with Gasteiger partial charge >= 0.3 is 5.97 Å². The van der Waals surface area contributed by atoms with Crippen molar-refractivity contribution in [3.05, 3.63) is 18.2 Å². The zero-order valence-electron chi connectivity index (χ0n) is 20.9. The van der Waals surface area contributed by atoms with Gasteiger partial charge in [-0.25, -0.2) is 9.78 Å². The number of hydrogen-bond donors (Lipinski definition) is 8. The number of guanidine groups is 1. The summed E-state index contributed by atoms with van der Waals surface area (Å²) in [4.78, 5) is 61.4. The second-order valence-electron chi connectivity index (χ2n) is 8.68. The third-order valence-electron chi connectivity index (χ3n) is 5.79. The predicted molar refractivity (Wildman–Crippen MR) is 140 cm³/mol. The number of nitrogens with one attached hydrogen (secondary N) is 5. The van der Waals surface area contributed by atoms with Crippen LogP contribution in [0.15, 0.2) is 17.5 Å². The molecule has 0 aromatic carbocycles. The molecule has 37 heavy (non-hydrogen) atoms. The fraction of sp³-hybridized carbons (Fsp3) is 0.636. The van der Waals surface area contributed by atoms with Crippen LogP contribution in [0.5, 0.6) is 0 Å². The molecule has 3 amide bonds. The van der Waals surface area contributed by atoms with E-state index in [0.717, 1.165) is 13.0 Å². The number of hydrogen-bond acceptors (Lipinski definition) is 8. The van der Waals surface area contributed by atoms with Gasteiger partial charge in [-0.2, -0.15) is 11.8 Å². The monoisotopic (exact) mass is 539 g/mol. The van der Waals surface area contributed by atoms with E-state index in [1.54, 1.807) is 0 Å². The van der Waals surface area contributed by atoms with Crippen molar-refractivity contribution in [1.82, 2.24) is 31.2 Å². The Hall–Kier alpha value is -3.33. The number of rotatable bonds is 16. The maximum atomic E-state index is 13.2. The average Bonchev–Trinajstić information content (AvgIpc) is 3.57. The summed E-state index contributed by atoms with van der Waals surface area (Å²) in [5.74, 6) is -2.18. The number of carbonyl (C=O) groups is 4. The summed E-state index contributed by atoms with van der Waals surface area (Å²) >= 11 is 1.53. The number of imidazole rings is 1. The Balaban J connectivity index is 2.10. The largest absolute Gasteiger partial charge is 0.480 e. The Morgan fingerprint density at radius 3 is 2.49 bits per heavy atom. The predicted octanol–water partition coefficient (Wildman–Crippen LogP) is -1.95. The molecule has 2 heterocycles. The number of nitrogens with zero attached hydrogens (tertiary/aromatic N) is 2. The third-order valence-corrected chi connectivity index (χ3v) is 6.44. The molecule has 0 radical (unpaired) electrons. The average molecular weight is 540 g/mol. The van der Waals surface area contributed by atoms with Gasteiger partial charge in [0.05, 0.1) is 12.4 Å². The fourth-order valence-corrected chi connectivity index (χ4v) is 4.29. The first-order chi connectivity index (χ1) is 17.7. The molecule has 14 nitrogen and oxygen atoms in total. The Labute approximate surface area is 219 Å². The van der Waals surface area contributed by atoms with E-state index in [0.29, 0.717) is 30.7 Å². The number of amides is 3. The van der Waals surface area contributed by atoms with Gasteiger partial charge in [-0.05, 0) is 50.7 Å². The van der Waals surface area contributed by atoms with Crippen LogP contribution in [0.4, 0.5) is 0 Å². The standard InChI is InChI=1S/C22H37N9O5S/c1-37-9-6-15(29-18(32)14-4-2-7-26-14)19(33)31-17(10-13-11-25-12-28-13)20(34)30-16(21(35)36)5-3-8-27-22(23)24/h11-12,14-17,26H,2-10H2,1H3,(H,25,28)(H,29,32)(H,30,34)(H,31,33)(H,35,36)(H4,23,24,27). The first-order valence-corrected chi connectivity index (χ1v) is 13.5. The van der Waals surface area contributed by atoms with Crippen molar-refractivity contribution in [2.75, 3.05) is 25.1 Å². The SMILES string of the molecule is CSCCC(NC(=O)C1CCCN1)C(=O)NC(Cc1cnc[nH]1)C(=O)NC(CCCN=C(N)N)C(=O)O. The molecular formula is C22H37N9O5S. The molecule has 10 N–H and O–H groups in total. The van der Waals surface area contributed by atoms with Crippen LogP contribution in [0, 0.1) is 0 Å². The van der Waals surface area contributed by atoms with Crippen molar-refractivity contribution in [2.45, 2.75) is 62.7 Å². The summed E-state index contributed by atoms with van der Waals surface area (Å²) in [7, 11) is 0. The molecule has 15 heteroatoms. The van der Waals surface area contributed by atoms with Crippen molar-refractivity contribution in [3.63, 3.8) is 0 Å². The first-order valence-electron chi connectivity index (χ1n) is 12.1. The molecule has 1 fully saturated rings. The molecule has 1 aromatic rings. The van der Waals surface area contributed by atoms with Gasteiger partial charge in [-0.3, -0.25) is 19.4 Å².